The van der Waals surface area contributed by atoms with Gasteiger partial charge in [-0.1, -0.05) is 20.4 Å². The van der Waals surface area contributed by atoms with Crippen molar-refractivity contribution in [1.29, 1.82) is 0 Å². The molecule has 2 aliphatic rings. The van der Waals surface area contributed by atoms with Gasteiger partial charge in [0.25, 0.3) is 0 Å². The summed E-state index contributed by atoms with van der Waals surface area (Å²) in [5.74, 6) is -4.84. The lowest BCUT2D eigenvalue weighted by Gasteiger charge is -2.34. The number of hydrogen-bond donors (Lipinski definition) is 2. The van der Waals surface area contributed by atoms with Crippen LogP contribution >= 0.6 is 0 Å². The number of methoxy groups -OCH3 is 1. The van der Waals surface area contributed by atoms with Crippen LogP contribution < -0.4 is 0 Å². The third-order valence-electron chi connectivity index (χ3n) is 5.10. The molecule has 2 rings (SSSR count). The summed E-state index contributed by atoms with van der Waals surface area (Å²) in [7, 11) is 1.09. The molecule has 0 spiro atoms. The van der Waals surface area contributed by atoms with Gasteiger partial charge in [-0.25, -0.2) is 9.59 Å². The van der Waals surface area contributed by atoms with E-state index < -0.39 is 66.7 Å². The summed E-state index contributed by atoms with van der Waals surface area (Å²) in [6.07, 6.45) is -2.84. The van der Waals surface area contributed by atoms with Gasteiger partial charge in [-0.2, -0.15) is 0 Å². The van der Waals surface area contributed by atoms with Crippen molar-refractivity contribution >= 4 is 23.9 Å². The van der Waals surface area contributed by atoms with E-state index in [9.17, 15) is 29.4 Å². The number of aliphatic hydroxyl groups is 2. The summed E-state index contributed by atoms with van der Waals surface area (Å²) < 4.78 is 21.1. The average molecular weight is 452 g/mol. The van der Waals surface area contributed by atoms with E-state index in [2.05, 4.69) is 6.58 Å². The summed E-state index contributed by atoms with van der Waals surface area (Å²) in [4.78, 5) is 49.4. The normalized spacial score (nSPS) is 28.2. The van der Waals surface area contributed by atoms with E-state index in [0.717, 1.165) is 20.1 Å². The molecule has 10 nitrogen and oxygen atoms in total. The van der Waals surface area contributed by atoms with Crippen molar-refractivity contribution in [1.82, 2.24) is 0 Å². The molecule has 1 saturated heterocycles. The molecule has 32 heavy (non-hydrogen) atoms. The van der Waals surface area contributed by atoms with Crippen molar-refractivity contribution in [2.24, 2.45) is 11.8 Å². The van der Waals surface area contributed by atoms with E-state index >= 15 is 0 Å². The lowest BCUT2D eigenvalue weighted by Crippen LogP contribution is -2.47. The van der Waals surface area contributed by atoms with Crippen molar-refractivity contribution < 1.29 is 48.3 Å². The van der Waals surface area contributed by atoms with Gasteiger partial charge in [-0.3, -0.25) is 9.59 Å². The molecule has 0 saturated carbocycles. The molecule has 5 atom stereocenters. The van der Waals surface area contributed by atoms with Gasteiger partial charge in [0.05, 0.1) is 37.2 Å². The number of hydrogen-bond acceptors (Lipinski definition) is 10. The molecule has 0 aromatic heterocycles. The van der Waals surface area contributed by atoms with Crippen molar-refractivity contribution in [2.75, 3.05) is 13.7 Å². The summed E-state index contributed by atoms with van der Waals surface area (Å²) in [5.41, 5.74) is -0.0373. The molecule has 0 radical (unpaired) electrons. The molecule has 5 unspecified atom stereocenters. The Hall–Kier alpha value is -2.98. The maximum atomic E-state index is 12.6. The molecular formula is C22H28O10. The highest BCUT2D eigenvalue weighted by Gasteiger charge is 2.51. The minimum Gasteiger partial charge on any atom is -0.466 e. The summed E-state index contributed by atoms with van der Waals surface area (Å²) in [5, 5.41) is 20.2. The predicted molar refractivity (Wildman–Crippen MR) is 109 cm³/mol. The van der Waals surface area contributed by atoms with Crippen LogP contribution in [-0.2, 0) is 38.1 Å². The molecule has 10 heteroatoms. The standard InChI is InChI=1S/C22H28O10/c1-10(2)20(26)32-19-17-11(3)21(27)31-16(17)7-13(9-23)6-14(25)8-15(22(28)29-5)18(19)30-12(4)24/h7-8,10,14,16-19,23,25H,3,6,9H2,1-2,4-5H3. The molecule has 0 bridgehead atoms. The van der Waals surface area contributed by atoms with Crippen LogP contribution in [0, 0.1) is 11.8 Å². The fraction of sp³-hybridized carbons (Fsp3) is 0.545. The van der Waals surface area contributed by atoms with Crippen LogP contribution in [0.25, 0.3) is 0 Å². The molecule has 1 aliphatic heterocycles. The molecule has 0 amide bonds. The fourth-order valence-electron chi connectivity index (χ4n) is 3.56. The molecule has 1 aliphatic carbocycles. The van der Waals surface area contributed by atoms with E-state index in [1.807, 2.05) is 0 Å². The van der Waals surface area contributed by atoms with Crippen molar-refractivity contribution in [3.05, 3.63) is 35.5 Å². The number of carbonyl (C=O) groups excluding carboxylic acids is 4. The highest BCUT2D eigenvalue weighted by atomic mass is 16.6. The first-order valence-electron chi connectivity index (χ1n) is 10.1. The van der Waals surface area contributed by atoms with E-state index in [1.54, 1.807) is 13.8 Å². The van der Waals surface area contributed by atoms with Crippen LogP contribution in [0.15, 0.2) is 35.5 Å². The Morgan fingerprint density at radius 2 is 1.91 bits per heavy atom. The minimum atomic E-state index is -1.53. The van der Waals surface area contributed by atoms with E-state index in [1.165, 1.54) is 6.08 Å². The third-order valence-corrected chi connectivity index (χ3v) is 5.10. The largest absolute Gasteiger partial charge is 0.466 e. The third kappa shape index (κ3) is 5.63. The van der Waals surface area contributed by atoms with Gasteiger partial charge in [0.2, 0.25) is 0 Å². The maximum absolute atomic E-state index is 12.6. The summed E-state index contributed by atoms with van der Waals surface area (Å²) >= 11 is 0. The van der Waals surface area contributed by atoms with Gasteiger partial charge in [0, 0.05) is 18.9 Å². The van der Waals surface area contributed by atoms with Crippen LogP contribution in [0.2, 0.25) is 0 Å². The number of aliphatic hydroxyl groups excluding tert-OH is 2. The van der Waals surface area contributed by atoms with Crippen molar-refractivity contribution in [3.8, 4) is 0 Å². The zero-order chi connectivity index (χ0) is 24.2. The van der Waals surface area contributed by atoms with Crippen LogP contribution in [0.5, 0.6) is 0 Å². The Labute approximate surface area is 185 Å². The lowest BCUT2D eigenvalue weighted by molar-refractivity contribution is -0.172. The number of rotatable bonds is 5. The highest BCUT2D eigenvalue weighted by molar-refractivity contribution is 5.93. The second-order valence-electron chi connectivity index (χ2n) is 7.88. The molecule has 176 valence electrons. The number of fused-ring (bicyclic) bond motifs is 1. The second-order valence-corrected chi connectivity index (χ2v) is 7.88. The summed E-state index contributed by atoms with van der Waals surface area (Å²) in [6, 6.07) is 0. The van der Waals surface area contributed by atoms with E-state index in [4.69, 9.17) is 18.9 Å². The molecule has 1 fully saturated rings. The van der Waals surface area contributed by atoms with Crippen LogP contribution in [0.3, 0.4) is 0 Å². The van der Waals surface area contributed by atoms with E-state index in [-0.39, 0.29) is 17.6 Å². The maximum Gasteiger partial charge on any atom is 0.337 e. The zero-order valence-electron chi connectivity index (χ0n) is 18.4. The van der Waals surface area contributed by atoms with Crippen LogP contribution in [0.4, 0.5) is 0 Å². The first kappa shape index (κ1) is 25.3. The van der Waals surface area contributed by atoms with Gasteiger partial charge in [0.1, 0.15) is 6.10 Å². The Balaban J connectivity index is 2.77. The van der Waals surface area contributed by atoms with Gasteiger partial charge in [-0.05, 0) is 17.7 Å². The summed E-state index contributed by atoms with van der Waals surface area (Å²) in [6.45, 7) is 7.53. The smallest absolute Gasteiger partial charge is 0.337 e. The van der Waals surface area contributed by atoms with Gasteiger partial charge < -0.3 is 29.2 Å². The Morgan fingerprint density at radius 1 is 1.25 bits per heavy atom. The first-order valence-corrected chi connectivity index (χ1v) is 10.1. The molecule has 1 heterocycles. The van der Waals surface area contributed by atoms with Crippen LogP contribution in [0.1, 0.15) is 27.2 Å². The highest BCUT2D eigenvalue weighted by Crippen LogP contribution is 2.38. The lowest BCUT2D eigenvalue weighted by atomic mass is 9.83. The SMILES string of the molecule is C=C1C(=O)OC2C=C(CO)CC(O)C=C(C(=O)OC)C(OC(C)=O)C(OC(=O)C(C)C)C12. The Bertz CT molecular complexity index is 853. The molecule has 0 aromatic rings. The van der Waals surface area contributed by atoms with Crippen LogP contribution in [-0.4, -0.2) is 72.2 Å². The number of ether oxygens (including phenoxy) is 4. The second kappa shape index (κ2) is 10.6. The quantitative estimate of drug-likeness (QED) is 0.260. The first-order chi connectivity index (χ1) is 15.0. The minimum absolute atomic E-state index is 0.0624. The molecule has 2 N–H and O–H groups in total. The average Bonchev–Trinajstić information content (AvgIpc) is 3.00. The van der Waals surface area contributed by atoms with Gasteiger partial charge in [-0.15, -0.1) is 0 Å². The van der Waals surface area contributed by atoms with Gasteiger partial charge >= 0.3 is 23.9 Å². The van der Waals surface area contributed by atoms with Crippen molar-refractivity contribution in [3.63, 3.8) is 0 Å². The number of esters is 4. The Morgan fingerprint density at radius 3 is 2.44 bits per heavy atom. The molecule has 0 aromatic carbocycles. The van der Waals surface area contributed by atoms with E-state index in [0.29, 0.717) is 5.57 Å². The Kier molecular flexibility index (Phi) is 8.34. The zero-order valence-corrected chi connectivity index (χ0v) is 18.4. The number of carbonyl (C=O) groups is 4. The predicted octanol–water partition coefficient (Wildman–Crippen LogP) is 0.366. The monoisotopic (exact) mass is 452 g/mol. The van der Waals surface area contributed by atoms with Crippen molar-refractivity contribution in [2.45, 2.75) is 51.6 Å². The fourth-order valence-corrected chi connectivity index (χ4v) is 3.56. The topological polar surface area (TPSA) is 146 Å². The van der Waals surface area contributed by atoms with Gasteiger partial charge in [0.15, 0.2) is 12.2 Å². The molecular weight excluding hydrogens is 424 g/mol.